The monoisotopic (exact) mass is 204 g/mol. The minimum absolute atomic E-state index is 0.189. The van der Waals surface area contributed by atoms with Crippen LogP contribution < -0.4 is 0 Å². The van der Waals surface area contributed by atoms with Crippen LogP contribution in [-0.4, -0.2) is 20.9 Å². The Kier molecular flexibility index (Phi) is 2.67. The van der Waals surface area contributed by atoms with Gasteiger partial charge in [-0.3, -0.25) is 9.48 Å². The zero-order chi connectivity index (χ0) is 10.7. The Bertz CT molecular complexity index is 476. The number of aromatic nitrogens is 2. The molecule has 1 aromatic heterocycles. The van der Waals surface area contributed by atoms with E-state index in [0.29, 0.717) is 13.0 Å². The van der Waals surface area contributed by atoms with E-state index in [9.17, 15) is 4.79 Å². The first-order valence-electron chi connectivity index (χ1n) is 4.90. The molecule has 0 fully saturated rings. The Morgan fingerprint density at radius 2 is 2.20 bits per heavy atom. The van der Waals surface area contributed by atoms with Gasteiger partial charge in [0.15, 0.2) is 0 Å². The van der Waals surface area contributed by atoms with Crippen molar-refractivity contribution in [2.45, 2.75) is 19.4 Å². The molecule has 0 saturated heterocycles. The van der Waals surface area contributed by atoms with Crippen LogP contribution in [0.1, 0.15) is 12.8 Å². The number of para-hydroxylation sites is 1. The number of carboxylic acid groups (broad SMARTS) is 1. The van der Waals surface area contributed by atoms with E-state index in [-0.39, 0.29) is 6.42 Å². The van der Waals surface area contributed by atoms with Crippen LogP contribution in [0.4, 0.5) is 0 Å². The number of hydrogen-bond donors (Lipinski definition) is 1. The van der Waals surface area contributed by atoms with Crippen molar-refractivity contribution in [1.29, 1.82) is 0 Å². The molecule has 2 rings (SSSR count). The summed E-state index contributed by atoms with van der Waals surface area (Å²) >= 11 is 0. The Hall–Kier alpha value is -1.84. The molecule has 1 heterocycles. The summed E-state index contributed by atoms with van der Waals surface area (Å²) in [7, 11) is 0. The lowest BCUT2D eigenvalue weighted by Gasteiger charge is -2.01. The third kappa shape index (κ3) is 2.15. The summed E-state index contributed by atoms with van der Waals surface area (Å²) in [5.41, 5.74) is 1.06. The molecule has 1 N–H and O–H groups in total. The lowest BCUT2D eigenvalue weighted by atomic mass is 10.2. The minimum Gasteiger partial charge on any atom is -0.481 e. The highest BCUT2D eigenvalue weighted by Gasteiger charge is 2.02. The second-order valence-corrected chi connectivity index (χ2v) is 3.42. The lowest BCUT2D eigenvalue weighted by Crippen LogP contribution is -2.03. The molecule has 0 aliphatic carbocycles. The predicted molar refractivity (Wildman–Crippen MR) is 56.6 cm³/mol. The van der Waals surface area contributed by atoms with E-state index in [4.69, 9.17) is 5.11 Å². The van der Waals surface area contributed by atoms with E-state index in [1.807, 2.05) is 28.9 Å². The number of hydrogen-bond acceptors (Lipinski definition) is 2. The van der Waals surface area contributed by atoms with Crippen LogP contribution in [0.3, 0.4) is 0 Å². The molecule has 0 aliphatic rings. The smallest absolute Gasteiger partial charge is 0.303 e. The maximum atomic E-state index is 10.4. The molecule has 0 bridgehead atoms. The van der Waals surface area contributed by atoms with Gasteiger partial charge >= 0.3 is 5.97 Å². The van der Waals surface area contributed by atoms with Gasteiger partial charge in [-0.1, -0.05) is 18.2 Å². The van der Waals surface area contributed by atoms with Crippen molar-refractivity contribution in [1.82, 2.24) is 9.78 Å². The van der Waals surface area contributed by atoms with Crippen LogP contribution in [0.15, 0.2) is 30.5 Å². The summed E-state index contributed by atoms with van der Waals surface area (Å²) in [4.78, 5) is 10.4. The Labute approximate surface area is 87.1 Å². The molecule has 0 aliphatic heterocycles. The second-order valence-electron chi connectivity index (χ2n) is 3.42. The highest BCUT2D eigenvalue weighted by atomic mass is 16.4. The highest BCUT2D eigenvalue weighted by Crippen LogP contribution is 2.13. The number of benzene rings is 1. The van der Waals surface area contributed by atoms with Gasteiger partial charge < -0.3 is 5.11 Å². The van der Waals surface area contributed by atoms with Gasteiger partial charge in [0.2, 0.25) is 0 Å². The average Bonchev–Trinajstić information content (AvgIpc) is 2.62. The molecule has 4 heteroatoms. The van der Waals surface area contributed by atoms with E-state index in [0.717, 1.165) is 10.9 Å². The predicted octanol–water partition coefficient (Wildman–Crippen LogP) is 1.90. The number of nitrogens with zero attached hydrogens (tertiary/aromatic N) is 2. The van der Waals surface area contributed by atoms with Gasteiger partial charge in [-0.25, -0.2) is 0 Å². The highest BCUT2D eigenvalue weighted by molar-refractivity contribution is 5.78. The molecule has 0 spiro atoms. The summed E-state index contributed by atoms with van der Waals surface area (Å²) in [5.74, 6) is -0.758. The third-order valence-electron chi connectivity index (χ3n) is 2.31. The van der Waals surface area contributed by atoms with Gasteiger partial charge in [0.05, 0.1) is 11.7 Å². The van der Waals surface area contributed by atoms with Crippen molar-refractivity contribution in [3.63, 3.8) is 0 Å². The van der Waals surface area contributed by atoms with Crippen molar-refractivity contribution in [2.24, 2.45) is 0 Å². The fraction of sp³-hybridized carbons (Fsp3) is 0.273. The summed E-state index contributed by atoms with van der Waals surface area (Å²) < 4.78 is 1.85. The molecule has 0 unspecified atom stereocenters. The van der Waals surface area contributed by atoms with E-state index < -0.39 is 5.97 Å². The van der Waals surface area contributed by atoms with Gasteiger partial charge in [0.25, 0.3) is 0 Å². The first kappa shape index (κ1) is 9.71. The SMILES string of the molecule is O=C(O)CCCn1ncc2ccccc21. The van der Waals surface area contributed by atoms with Crippen LogP contribution in [-0.2, 0) is 11.3 Å². The number of fused-ring (bicyclic) bond motifs is 1. The largest absolute Gasteiger partial charge is 0.481 e. The molecule has 1 aromatic carbocycles. The molecular formula is C11H12N2O2. The molecular weight excluding hydrogens is 192 g/mol. The van der Waals surface area contributed by atoms with E-state index in [1.165, 1.54) is 0 Å². The standard InChI is InChI=1S/C11H12N2O2/c14-11(15)6-3-7-13-10-5-2-1-4-9(10)8-12-13/h1-2,4-5,8H,3,6-7H2,(H,14,15). The van der Waals surface area contributed by atoms with Gasteiger partial charge in [-0.15, -0.1) is 0 Å². The van der Waals surface area contributed by atoms with Gasteiger partial charge in [0.1, 0.15) is 0 Å². The first-order valence-corrected chi connectivity index (χ1v) is 4.90. The zero-order valence-corrected chi connectivity index (χ0v) is 8.26. The van der Waals surface area contributed by atoms with Crippen LogP contribution in [0.2, 0.25) is 0 Å². The van der Waals surface area contributed by atoms with Gasteiger partial charge in [-0.05, 0) is 12.5 Å². The molecule has 0 saturated carbocycles. The van der Waals surface area contributed by atoms with Crippen molar-refractivity contribution < 1.29 is 9.90 Å². The van der Waals surface area contributed by atoms with Crippen LogP contribution in [0, 0.1) is 0 Å². The van der Waals surface area contributed by atoms with Crippen LogP contribution in [0.25, 0.3) is 10.9 Å². The molecule has 0 radical (unpaired) electrons. The number of aliphatic carboxylic acids is 1. The fourth-order valence-corrected chi connectivity index (χ4v) is 1.58. The molecule has 0 atom stereocenters. The Morgan fingerprint density at radius 3 is 3.00 bits per heavy atom. The van der Waals surface area contributed by atoms with E-state index >= 15 is 0 Å². The summed E-state index contributed by atoms with van der Waals surface area (Å²) in [6.45, 7) is 0.653. The van der Waals surface area contributed by atoms with Crippen LogP contribution >= 0.6 is 0 Å². The maximum Gasteiger partial charge on any atom is 0.303 e. The summed E-state index contributed by atoms with van der Waals surface area (Å²) in [6.07, 6.45) is 2.60. The summed E-state index contributed by atoms with van der Waals surface area (Å²) in [6, 6.07) is 7.91. The van der Waals surface area contributed by atoms with Crippen molar-refractivity contribution in [3.05, 3.63) is 30.5 Å². The fourth-order valence-electron chi connectivity index (χ4n) is 1.58. The van der Waals surface area contributed by atoms with E-state index in [1.54, 1.807) is 6.20 Å². The minimum atomic E-state index is -0.758. The molecule has 4 nitrogen and oxygen atoms in total. The van der Waals surface area contributed by atoms with Crippen molar-refractivity contribution in [2.75, 3.05) is 0 Å². The summed E-state index contributed by atoms with van der Waals surface area (Å²) in [5, 5.41) is 13.8. The number of aryl methyl sites for hydroxylation is 1. The number of carbonyl (C=O) groups is 1. The first-order chi connectivity index (χ1) is 7.27. The van der Waals surface area contributed by atoms with Crippen LogP contribution in [0.5, 0.6) is 0 Å². The Morgan fingerprint density at radius 1 is 1.40 bits per heavy atom. The lowest BCUT2D eigenvalue weighted by molar-refractivity contribution is -0.137. The van der Waals surface area contributed by atoms with E-state index in [2.05, 4.69) is 5.10 Å². The molecule has 78 valence electrons. The average molecular weight is 204 g/mol. The maximum absolute atomic E-state index is 10.4. The third-order valence-corrected chi connectivity index (χ3v) is 2.31. The number of carboxylic acids is 1. The molecule has 15 heavy (non-hydrogen) atoms. The normalized spacial score (nSPS) is 10.7. The Balaban J connectivity index is 2.11. The molecule has 0 amide bonds. The zero-order valence-electron chi connectivity index (χ0n) is 8.26. The topological polar surface area (TPSA) is 55.1 Å². The van der Waals surface area contributed by atoms with Gasteiger partial charge in [-0.2, -0.15) is 5.10 Å². The quantitative estimate of drug-likeness (QED) is 0.827. The van der Waals surface area contributed by atoms with Crippen molar-refractivity contribution in [3.8, 4) is 0 Å². The molecule has 2 aromatic rings. The number of rotatable bonds is 4. The van der Waals surface area contributed by atoms with Crippen molar-refractivity contribution >= 4 is 16.9 Å². The second kappa shape index (κ2) is 4.13. The van der Waals surface area contributed by atoms with Gasteiger partial charge in [0, 0.05) is 18.4 Å².